The lowest BCUT2D eigenvalue weighted by Crippen LogP contribution is -2.45. The van der Waals surface area contributed by atoms with E-state index in [0.29, 0.717) is 6.04 Å². The maximum absolute atomic E-state index is 5.62. The molecular formula is C21H32N4O. The van der Waals surface area contributed by atoms with E-state index in [4.69, 9.17) is 9.84 Å². The maximum Gasteiger partial charge on any atom is 0.123 e. The number of rotatable bonds is 4. The van der Waals surface area contributed by atoms with Gasteiger partial charge in [0.25, 0.3) is 0 Å². The highest BCUT2D eigenvalue weighted by atomic mass is 16.5. The standard InChI is InChI=1S/C21H32N4O/c1-15-18(16(2)25(23-15)21(3,4)5)14-24-12-11-22-13-19(24)17-9-7-8-10-20(17)26-6/h7-10,19,22H,11-14H2,1-6H3. The molecule has 26 heavy (non-hydrogen) atoms. The number of nitrogens with zero attached hydrogens (tertiary/aromatic N) is 3. The van der Waals surface area contributed by atoms with Crippen molar-refractivity contribution < 1.29 is 4.74 Å². The van der Waals surface area contributed by atoms with Crippen LogP contribution in [0.5, 0.6) is 5.75 Å². The zero-order valence-electron chi connectivity index (χ0n) is 17.0. The molecule has 3 rings (SSSR count). The largest absolute Gasteiger partial charge is 0.496 e. The fraction of sp³-hybridized carbons (Fsp3) is 0.571. The normalized spacial score (nSPS) is 18.9. The minimum absolute atomic E-state index is 0.00139. The van der Waals surface area contributed by atoms with Crippen molar-refractivity contribution in [3.05, 3.63) is 46.8 Å². The Labute approximate surface area is 157 Å². The van der Waals surface area contributed by atoms with Gasteiger partial charge in [-0.15, -0.1) is 0 Å². The lowest BCUT2D eigenvalue weighted by Gasteiger charge is -2.37. The Bertz CT molecular complexity index is 760. The van der Waals surface area contributed by atoms with E-state index in [1.807, 2.05) is 6.07 Å². The summed E-state index contributed by atoms with van der Waals surface area (Å²) in [6, 6.07) is 8.66. The van der Waals surface area contributed by atoms with Crippen LogP contribution in [-0.2, 0) is 12.1 Å². The van der Waals surface area contributed by atoms with Crippen LogP contribution in [0.2, 0.25) is 0 Å². The number of nitrogens with one attached hydrogen (secondary N) is 1. The highest BCUT2D eigenvalue weighted by molar-refractivity contribution is 5.37. The van der Waals surface area contributed by atoms with Gasteiger partial charge in [-0.1, -0.05) is 18.2 Å². The van der Waals surface area contributed by atoms with E-state index in [9.17, 15) is 0 Å². The highest BCUT2D eigenvalue weighted by Gasteiger charge is 2.29. The third-order valence-corrected chi connectivity index (χ3v) is 5.29. The molecule has 5 nitrogen and oxygen atoms in total. The number of para-hydroxylation sites is 1. The summed E-state index contributed by atoms with van der Waals surface area (Å²) in [6.07, 6.45) is 0. The molecule has 0 aliphatic carbocycles. The van der Waals surface area contributed by atoms with Crippen LogP contribution in [0.3, 0.4) is 0 Å². The fourth-order valence-corrected chi connectivity index (χ4v) is 3.94. The van der Waals surface area contributed by atoms with E-state index in [2.05, 4.69) is 67.7 Å². The molecule has 142 valence electrons. The van der Waals surface area contributed by atoms with Gasteiger partial charge >= 0.3 is 0 Å². The molecule has 1 saturated heterocycles. The van der Waals surface area contributed by atoms with E-state index >= 15 is 0 Å². The maximum atomic E-state index is 5.62. The Morgan fingerprint density at radius 3 is 2.62 bits per heavy atom. The Morgan fingerprint density at radius 1 is 1.23 bits per heavy atom. The number of benzene rings is 1. The molecule has 1 atom stereocenters. The summed E-state index contributed by atoms with van der Waals surface area (Å²) in [5.74, 6) is 0.963. The molecule has 0 saturated carbocycles. The molecule has 0 spiro atoms. The summed E-state index contributed by atoms with van der Waals surface area (Å²) >= 11 is 0. The van der Waals surface area contributed by atoms with Gasteiger partial charge in [-0.2, -0.15) is 5.10 Å². The average molecular weight is 357 g/mol. The molecule has 1 aromatic heterocycles. The number of aryl methyl sites for hydroxylation is 1. The first kappa shape index (κ1) is 18.9. The number of piperazine rings is 1. The molecule has 2 heterocycles. The first-order chi connectivity index (χ1) is 12.3. The van der Waals surface area contributed by atoms with Crippen molar-refractivity contribution >= 4 is 0 Å². The van der Waals surface area contributed by atoms with Gasteiger partial charge in [0.05, 0.1) is 24.4 Å². The van der Waals surface area contributed by atoms with Crippen molar-refractivity contribution in [3.8, 4) is 5.75 Å². The summed E-state index contributed by atoms with van der Waals surface area (Å²) in [4.78, 5) is 2.55. The van der Waals surface area contributed by atoms with Crippen LogP contribution < -0.4 is 10.1 Å². The van der Waals surface area contributed by atoms with Gasteiger partial charge in [0.15, 0.2) is 0 Å². The minimum Gasteiger partial charge on any atom is -0.496 e. The van der Waals surface area contributed by atoms with Crippen molar-refractivity contribution in [1.29, 1.82) is 0 Å². The summed E-state index contributed by atoms with van der Waals surface area (Å²) in [6.45, 7) is 14.8. The molecule has 1 fully saturated rings. The van der Waals surface area contributed by atoms with E-state index < -0.39 is 0 Å². The summed E-state index contributed by atoms with van der Waals surface area (Å²) in [5.41, 5.74) is 5.00. The number of hydrogen-bond acceptors (Lipinski definition) is 4. The summed E-state index contributed by atoms with van der Waals surface area (Å²) < 4.78 is 7.79. The third kappa shape index (κ3) is 3.64. The summed E-state index contributed by atoms with van der Waals surface area (Å²) in [7, 11) is 1.75. The molecule has 0 amide bonds. The van der Waals surface area contributed by atoms with Crippen molar-refractivity contribution in [1.82, 2.24) is 20.0 Å². The van der Waals surface area contributed by atoms with Crippen molar-refractivity contribution in [2.24, 2.45) is 0 Å². The zero-order valence-corrected chi connectivity index (χ0v) is 17.0. The van der Waals surface area contributed by atoms with E-state index in [1.165, 1.54) is 16.8 Å². The predicted molar refractivity (Wildman–Crippen MR) is 106 cm³/mol. The average Bonchev–Trinajstić information content (AvgIpc) is 2.90. The van der Waals surface area contributed by atoms with Crippen LogP contribution in [0, 0.1) is 13.8 Å². The van der Waals surface area contributed by atoms with E-state index in [-0.39, 0.29) is 5.54 Å². The lowest BCUT2D eigenvalue weighted by atomic mass is 10.0. The SMILES string of the molecule is COc1ccccc1C1CNCCN1Cc1c(C)nn(C(C)(C)C)c1C. The quantitative estimate of drug-likeness (QED) is 0.912. The number of aromatic nitrogens is 2. The Kier molecular flexibility index (Phi) is 5.39. The smallest absolute Gasteiger partial charge is 0.123 e. The molecule has 2 aromatic rings. The van der Waals surface area contributed by atoms with Crippen LogP contribution in [-0.4, -0.2) is 41.4 Å². The second-order valence-electron chi connectivity index (χ2n) is 8.16. The van der Waals surface area contributed by atoms with Crippen LogP contribution in [0.15, 0.2) is 24.3 Å². The van der Waals surface area contributed by atoms with Crippen molar-refractivity contribution in [2.45, 2.75) is 52.7 Å². The second kappa shape index (κ2) is 7.41. The zero-order chi connectivity index (χ0) is 18.9. The lowest BCUT2D eigenvalue weighted by molar-refractivity contribution is 0.150. The Morgan fingerprint density at radius 2 is 1.96 bits per heavy atom. The number of ether oxygens (including phenoxy) is 1. The number of methoxy groups -OCH3 is 1. The topological polar surface area (TPSA) is 42.3 Å². The van der Waals surface area contributed by atoms with Gasteiger partial charge in [-0.05, 0) is 40.7 Å². The predicted octanol–water partition coefficient (Wildman–Crippen LogP) is 3.41. The minimum atomic E-state index is -0.00139. The van der Waals surface area contributed by atoms with Gasteiger partial charge in [-0.3, -0.25) is 9.58 Å². The van der Waals surface area contributed by atoms with Crippen LogP contribution in [0.4, 0.5) is 0 Å². The van der Waals surface area contributed by atoms with Gasteiger partial charge in [0.1, 0.15) is 5.75 Å². The van der Waals surface area contributed by atoms with Crippen molar-refractivity contribution in [2.75, 3.05) is 26.7 Å². The molecule has 1 aliphatic rings. The van der Waals surface area contributed by atoms with E-state index in [1.54, 1.807) is 7.11 Å². The molecule has 1 aromatic carbocycles. The van der Waals surface area contributed by atoms with Gasteiger partial charge in [-0.25, -0.2) is 0 Å². The van der Waals surface area contributed by atoms with Crippen LogP contribution in [0.25, 0.3) is 0 Å². The Hall–Kier alpha value is -1.85. The second-order valence-corrected chi connectivity index (χ2v) is 8.16. The van der Waals surface area contributed by atoms with Crippen molar-refractivity contribution in [3.63, 3.8) is 0 Å². The monoisotopic (exact) mass is 356 g/mol. The molecule has 1 N–H and O–H groups in total. The molecule has 0 radical (unpaired) electrons. The van der Waals surface area contributed by atoms with Gasteiger partial charge in [0.2, 0.25) is 0 Å². The van der Waals surface area contributed by atoms with E-state index in [0.717, 1.165) is 37.6 Å². The third-order valence-electron chi connectivity index (χ3n) is 5.29. The number of hydrogen-bond donors (Lipinski definition) is 1. The Balaban J connectivity index is 1.92. The molecule has 5 heteroatoms. The van der Waals surface area contributed by atoms with Crippen LogP contribution in [0.1, 0.15) is 49.3 Å². The fourth-order valence-electron chi connectivity index (χ4n) is 3.94. The van der Waals surface area contributed by atoms with Crippen LogP contribution >= 0.6 is 0 Å². The molecule has 1 aliphatic heterocycles. The molecule has 0 bridgehead atoms. The first-order valence-corrected chi connectivity index (χ1v) is 9.46. The molecular weight excluding hydrogens is 324 g/mol. The molecule has 1 unspecified atom stereocenters. The summed E-state index contributed by atoms with van der Waals surface area (Å²) in [5, 5.41) is 8.37. The highest BCUT2D eigenvalue weighted by Crippen LogP contribution is 2.32. The first-order valence-electron chi connectivity index (χ1n) is 9.46. The van der Waals surface area contributed by atoms with Gasteiger partial charge in [0, 0.05) is 43.0 Å². The van der Waals surface area contributed by atoms with Gasteiger partial charge < -0.3 is 10.1 Å².